The number of nitrogens with zero attached hydrogens (tertiary/aromatic N) is 1. The maximum absolute atomic E-state index is 13.5. The fourth-order valence-corrected chi connectivity index (χ4v) is 4.68. The molecular formula is C23H20F2N2O5S. The van der Waals surface area contributed by atoms with E-state index in [1.165, 1.54) is 24.3 Å². The monoisotopic (exact) mass is 474 g/mol. The summed E-state index contributed by atoms with van der Waals surface area (Å²) in [5, 5.41) is 2.40. The number of rotatable bonds is 7. The Morgan fingerprint density at radius 3 is 2.36 bits per heavy atom. The Balaban J connectivity index is 1.61. The van der Waals surface area contributed by atoms with E-state index in [9.17, 15) is 22.0 Å². The van der Waals surface area contributed by atoms with Gasteiger partial charge >= 0.3 is 0 Å². The van der Waals surface area contributed by atoms with E-state index in [0.29, 0.717) is 30.3 Å². The number of hydrogen-bond acceptors (Lipinski definition) is 5. The number of anilines is 1. The van der Waals surface area contributed by atoms with E-state index in [-0.39, 0.29) is 17.1 Å². The summed E-state index contributed by atoms with van der Waals surface area (Å²) in [6.07, 6.45) is 0. The van der Waals surface area contributed by atoms with Crippen LogP contribution in [0.25, 0.3) is 0 Å². The topological polar surface area (TPSA) is 84.9 Å². The first-order valence-corrected chi connectivity index (χ1v) is 11.5. The molecule has 1 amide bonds. The molecule has 7 nitrogen and oxygen atoms in total. The molecule has 1 aliphatic rings. The molecule has 0 unspecified atom stereocenters. The SMILES string of the molecule is O=C(CN(Cc1ccccc1)S(=O)(=O)c1ccc2c(c1)OCCO2)Nc1ccc(F)c(F)c1. The van der Waals surface area contributed by atoms with E-state index >= 15 is 0 Å². The van der Waals surface area contributed by atoms with Gasteiger partial charge in [0, 0.05) is 24.4 Å². The Kier molecular flexibility index (Phi) is 6.57. The van der Waals surface area contributed by atoms with Crippen LogP contribution in [0.3, 0.4) is 0 Å². The Hall–Kier alpha value is -3.50. The van der Waals surface area contributed by atoms with Gasteiger partial charge < -0.3 is 14.8 Å². The van der Waals surface area contributed by atoms with Gasteiger partial charge in [0.05, 0.1) is 11.4 Å². The third-order valence-corrected chi connectivity index (χ3v) is 6.66. The molecule has 0 aliphatic carbocycles. The van der Waals surface area contributed by atoms with E-state index in [1.54, 1.807) is 30.3 Å². The van der Waals surface area contributed by atoms with Gasteiger partial charge in [0.2, 0.25) is 15.9 Å². The number of fused-ring (bicyclic) bond motifs is 1. The molecular weight excluding hydrogens is 454 g/mol. The molecule has 10 heteroatoms. The molecule has 33 heavy (non-hydrogen) atoms. The quantitative estimate of drug-likeness (QED) is 0.566. The van der Waals surface area contributed by atoms with E-state index in [1.807, 2.05) is 0 Å². The van der Waals surface area contributed by atoms with Crippen LogP contribution < -0.4 is 14.8 Å². The maximum Gasteiger partial charge on any atom is 0.243 e. The molecule has 1 N–H and O–H groups in total. The van der Waals surface area contributed by atoms with Crippen molar-refractivity contribution in [2.45, 2.75) is 11.4 Å². The van der Waals surface area contributed by atoms with Crippen molar-refractivity contribution in [3.8, 4) is 11.5 Å². The van der Waals surface area contributed by atoms with Crippen LogP contribution in [-0.4, -0.2) is 38.4 Å². The summed E-state index contributed by atoms with van der Waals surface area (Å²) in [5.74, 6) is -2.16. The van der Waals surface area contributed by atoms with Crippen LogP contribution in [0.5, 0.6) is 11.5 Å². The Bertz CT molecular complexity index is 1270. The molecule has 0 saturated carbocycles. The number of carbonyl (C=O) groups is 1. The summed E-state index contributed by atoms with van der Waals surface area (Å²) in [5.41, 5.74) is 0.675. The number of nitrogens with one attached hydrogen (secondary N) is 1. The molecule has 4 rings (SSSR count). The minimum Gasteiger partial charge on any atom is -0.486 e. The summed E-state index contributed by atoms with van der Waals surface area (Å²) < 4.78 is 65.5. The minimum absolute atomic E-state index is 0.00953. The molecule has 1 aliphatic heterocycles. The van der Waals surface area contributed by atoms with Gasteiger partial charge in [-0.25, -0.2) is 17.2 Å². The van der Waals surface area contributed by atoms with Crippen molar-refractivity contribution in [3.63, 3.8) is 0 Å². The highest BCUT2D eigenvalue weighted by Crippen LogP contribution is 2.33. The highest BCUT2D eigenvalue weighted by molar-refractivity contribution is 7.89. The van der Waals surface area contributed by atoms with Crippen molar-refractivity contribution < 1.29 is 31.5 Å². The van der Waals surface area contributed by atoms with E-state index < -0.39 is 34.1 Å². The van der Waals surface area contributed by atoms with Crippen LogP contribution in [0.2, 0.25) is 0 Å². The first-order chi connectivity index (χ1) is 15.8. The van der Waals surface area contributed by atoms with Crippen LogP contribution in [-0.2, 0) is 21.4 Å². The number of amides is 1. The van der Waals surface area contributed by atoms with E-state index in [2.05, 4.69) is 5.32 Å². The Labute approximate surface area is 189 Å². The molecule has 0 atom stereocenters. The van der Waals surface area contributed by atoms with Crippen molar-refractivity contribution in [3.05, 3.63) is 83.9 Å². The van der Waals surface area contributed by atoms with Gasteiger partial charge in [-0.05, 0) is 29.8 Å². The molecule has 3 aromatic rings. The first-order valence-electron chi connectivity index (χ1n) is 10.0. The lowest BCUT2D eigenvalue weighted by molar-refractivity contribution is -0.116. The van der Waals surface area contributed by atoms with Crippen molar-refractivity contribution in [2.75, 3.05) is 25.1 Å². The van der Waals surface area contributed by atoms with Gasteiger partial charge in [0.25, 0.3) is 0 Å². The summed E-state index contributed by atoms with van der Waals surface area (Å²) >= 11 is 0. The zero-order valence-corrected chi connectivity index (χ0v) is 18.1. The fraction of sp³-hybridized carbons (Fsp3) is 0.174. The van der Waals surface area contributed by atoms with Crippen LogP contribution >= 0.6 is 0 Å². The second-order valence-corrected chi connectivity index (χ2v) is 9.18. The number of sulfonamides is 1. The van der Waals surface area contributed by atoms with Crippen LogP contribution in [0, 0.1) is 11.6 Å². The number of benzene rings is 3. The van der Waals surface area contributed by atoms with Crippen molar-refractivity contribution in [1.29, 1.82) is 0 Å². The van der Waals surface area contributed by atoms with Crippen LogP contribution in [0.4, 0.5) is 14.5 Å². The predicted octanol–water partition coefficient (Wildman–Crippen LogP) is 3.57. The van der Waals surface area contributed by atoms with Gasteiger partial charge in [0.1, 0.15) is 13.2 Å². The molecule has 0 radical (unpaired) electrons. The van der Waals surface area contributed by atoms with E-state index in [0.717, 1.165) is 16.4 Å². The molecule has 0 fully saturated rings. The first kappa shape index (κ1) is 22.7. The average molecular weight is 474 g/mol. The maximum atomic E-state index is 13.5. The van der Waals surface area contributed by atoms with Crippen molar-refractivity contribution >= 4 is 21.6 Å². The summed E-state index contributed by atoms with van der Waals surface area (Å²) in [6, 6.07) is 15.9. The standard InChI is InChI=1S/C23H20F2N2O5S/c24-19-8-6-17(12-20(19)25)26-23(28)15-27(14-16-4-2-1-3-5-16)33(29,30)18-7-9-21-22(13-18)32-11-10-31-21/h1-9,12-13H,10-11,14-15H2,(H,26,28). The fourth-order valence-electron chi connectivity index (χ4n) is 3.28. The van der Waals surface area contributed by atoms with Gasteiger partial charge in [-0.2, -0.15) is 4.31 Å². The molecule has 0 bridgehead atoms. The zero-order valence-electron chi connectivity index (χ0n) is 17.3. The summed E-state index contributed by atoms with van der Waals surface area (Å²) in [4.78, 5) is 12.6. The van der Waals surface area contributed by atoms with Gasteiger partial charge in [-0.1, -0.05) is 30.3 Å². The predicted molar refractivity (Wildman–Crippen MR) is 116 cm³/mol. The second-order valence-electron chi connectivity index (χ2n) is 7.24. The molecule has 172 valence electrons. The van der Waals surface area contributed by atoms with Gasteiger partial charge in [-0.3, -0.25) is 4.79 Å². The average Bonchev–Trinajstić information content (AvgIpc) is 2.81. The third-order valence-electron chi connectivity index (χ3n) is 4.88. The van der Waals surface area contributed by atoms with Crippen LogP contribution in [0.1, 0.15) is 5.56 Å². The highest BCUT2D eigenvalue weighted by atomic mass is 32.2. The summed E-state index contributed by atoms with van der Waals surface area (Å²) in [7, 11) is -4.13. The Morgan fingerprint density at radius 1 is 0.909 bits per heavy atom. The minimum atomic E-state index is -4.13. The molecule has 0 saturated heterocycles. The van der Waals surface area contributed by atoms with Crippen molar-refractivity contribution in [1.82, 2.24) is 4.31 Å². The number of carbonyl (C=O) groups excluding carboxylic acids is 1. The number of ether oxygens (including phenoxy) is 2. The molecule has 1 heterocycles. The number of halogens is 2. The molecule has 0 spiro atoms. The largest absolute Gasteiger partial charge is 0.486 e. The van der Waals surface area contributed by atoms with E-state index in [4.69, 9.17) is 9.47 Å². The van der Waals surface area contributed by atoms with Gasteiger partial charge in [0.15, 0.2) is 23.1 Å². The normalized spacial score (nSPS) is 13.1. The number of hydrogen-bond donors (Lipinski definition) is 1. The zero-order chi connectivity index (χ0) is 23.4. The van der Waals surface area contributed by atoms with Crippen molar-refractivity contribution in [2.24, 2.45) is 0 Å². The third kappa shape index (κ3) is 5.29. The lowest BCUT2D eigenvalue weighted by atomic mass is 10.2. The van der Waals surface area contributed by atoms with Crippen LogP contribution in [0.15, 0.2) is 71.6 Å². The molecule has 3 aromatic carbocycles. The summed E-state index contributed by atoms with van der Waals surface area (Å²) in [6.45, 7) is 0.0255. The molecule has 0 aromatic heterocycles. The lowest BCUT2D eigenvalue weighted by Gasteiger charge is -2.24. The Morgan fingerprint density at radius 2 is 1.64 bits per heavy atom. The smallest absolute Gasteiger partial charge is 0.243 e. The highest BCUT2D eigenvalue weighted by Gasteiger charge is 2.29. The van der Waals surface area contributed by atoms with Gasteiger partial charge in [-0.15, -0.1) is 0 Å². The second kappa shape index (κ2) is 9.55. The lowest BCUT2D eigenvalue weighted by Crippen LogP contribution is -2.37.